The molecule has 0 aromatic heterocycles. The molecule has 0 heterocycles. The molecular weight excluding hydrogens is 290 g/mol. The Balaban J connectivity index is 2.42. The van der Waals surface area contributed by atoms with Gasteiger partial charge in [0.25, 0.3) is 0 Å². The molecule has 116 valence electrons. The molecule has 0 amide bonds. The fraction of sp³-hybridized carbons (Fsp3) is 0.533. The Labute approximate surface area is 125 Å². The summed E-state index contributed by atoms with van der Waals surface area (Å²) >= 11 is 0. The van der Waals surface area contributed by atoms with Crippen LogP contribution in [0.2, 0.25) is 0 Å². The van der Waals surface area contributed by atoms with E-state index in [-0.39, 0.29) is 10.8 Å². The molecule has 1 aromatic carbocycles. The van der Waals surface area contributed by atoms with Crippen LogP contribution in [0.5, 0.6) is 0 Å². The maximum Gasteiger partial charge on any atom is 0.325 e. The molecule has 0 radical (unpaired) electrons. The number of rotatable bonds is 4. The van der Waals surface area contributed by atoms with Crippen LogP contribution in [0.25, 0.3) is 0 Å². The third-order valence-electron chi connectivity index (χ3n) is 4.38. The summed E-state index contributed by atoms with van der Waals surface area (Å²) in [5.74, 6) is -1.32. The normalized spacial score (nSPS) is 26.5. The van der Waals surface area contributed by atoms with Gasteiger partial charge in [0.2, 0.25) is 10.0 Å². The predicted octanol–water partition coefficient (Wildman–Crippen LogP) is 2.31. The van der Waals surface area contributed by atoms with Crippen molar-refractivity contribution in [2.75, 3.05) is 0 Å². The molecule has 5 nitrogen and oxygen atoms in total. The molecule has 0 bridgehead atoms. The number of carboxylic acids is 1. The molecule has 1 aliphatic rings. The average Bonchev–Trinajstić information content (AvgIpc) is 2.41. The summed E-state index contributed by atoms with van der Waals surface area (Å²) in [7, 11) is -3.86. The first-order valence-electron chi connectivity index (χ1n) is 7.12. The molecule has 2 atom stereocenters. The maximum atomic E-state index is 12.6. The highest BCUT2D eigenvalue weighted by Crippen LogP contribution is 2.35. The smallest absolute Gasteiger partial charge is 0.325 e. The van der Waals surface area contributed by atoms with Gasteiger partial charge in [-0.1, -0.05) is 38.0 Å². The van der Waals surface area contributed by atoms with E-state index in [0.717, 1.165) is 6.42 Å². The molecule has 1 aliphatic carbocycles. The third-order valence-corrected chi connectivity index (χ3v) is 6.05. The number of nitrogens with one attached hydrogen (secondary N) is 1. The number of benzene rings is 1. The number of aliphatic carboxylic acids is 1. The zero-order valence-corrected chi connectivity index (χ0v) is 13.1. The van der Waals surface area contributed by atoms with E-state index in [1.807, 2.05) is 0 Å². The lowest BCUT2D eigenvalue weighted by molar-refractivity contribution is -0.147. The Kier molecular flexibility index (Phi) is 4.39. The Bertz CT molecular complexity index is 641. The highest BCUT2D eigenvalue weighted by atomic mass is 32.2. The largest absolute Gasteiger partial charge is 0.480 e. The van der Waals surface area contributed by atoms with Gasteiger partial charge in [-0.2, -0.15) is 4.72 Å². The summed E-state index contributed by atoms with van der Waals surface area (Å²) in [6.07, 6.45) is 2.69. The fourth-order valence-electron chi connectivity index (χ4n) is 3.01. The van der Waals surface area contributed by atoms with Crippen molar-refractivity contribution < 1.29 is 18.3 Å². The van der Waals surface area contributed by atoms with Gasteiger partial charge in [-0.25, -0.2) is 8.42 Å². The lowest BCUT2D eigenvalue weighted by atomic mass is 9.74. The van der Waals surface area contributed by atoms with E-state index >= 15 is 0 Å². The van der Waals surface area contributed by atoms with Crippen molar-refractivity contribution in [3.8, 4) is 0 Å². The van der Waals surface area contributed by atoms with Gasteiger partial charge in [0.1, 0.15) is 5.54 Å². The first kappa shape index (κ1) is 16.0. The number of sulfonamides is 1. The van der Waals surface area contributed by atoms with Crippen molar-refractivity contribution >= 4 is 16.0 Å². The number of hydrogen-bond acceptors (Lipinski definition) is 3. The van der Waals surface area contributed by atoms with Crippen molar-refractivity contribution in [2.45, 2.75) is 50.0 Å². The molecule has 1 aromatic rings. The summed E-state index contributed by atoms with van der Waals surface area (Å²) in [5, 5.41) is 9.61. The van der Waals surface area contributed by atoms with E-state index < -0.39 is 21.5 Å². The van der Waals surface area contributed by atoms with Crippen LogP contribution in [-0.2, 0) is 14.8 Å². The maximum absolute atomic E-state index is 12.6. The Morgan fingerprint density at radius 1 is 1.33 bits per heavy atom. The Hall–Kier alpha value is -1.40. The molecule has 21 heavy (non-hydrogen) atoms. The third kappa shape index (κ3) is 2.96. The van der Waals surface area contributed by atoms with Crippen molar-refractivity contribution in [1.82, 2.24) is 4.72 Å². The van der Waals surface area contributed by atoms with E-state index in [2.05, 4.69) is 4.72 Å². The van der Waals surface area contributed by atoms with Gasteiger partial charge < -0.3 is 5.11 Å². The van der Waals surface area contributed by atoms with Crippen LogP contribution in [0, 0.1) is 12.8 Å². The van der Waals surface area contributed by atoms with Gasteiger partial charge in [-0.3, -0.25) is 4.79 Å². The monoisotopic (exact) mass is 311 g/mol. The quantitative estimate of drug-likeness (QED) is 0.893. The minimum Gasteiger partial charge on any atom is -0.480 e. The van der Waals surface area contributed by atoms with Crippen LogP contribution in [-0.4, -0.2) is 25.0 Å². The van der Waals surface area contributed by atoms with Crippen molar-refractivity contribution in [1.29, 1.82) is 0 Å². The van der Waals surface area contributed by atoms with E-state index in [1.54, 1.807) is 32.0 Å². The van der Waals surface area contributed by atoms with Crippen LogP contribution in [0.3, 0.4) is 0 Å². The number of carbonyl (C=O) groups is 1. The van der Waals surface area contributed by atoms with E-state index in [4.69, 9.17) is 0 Å². The van der Waals surface area contributed by atoms with Gasteiger partial charge in [0.05, 0.1) is 4.90 Å². The highest BCUT2D eigenvalue weighted by molar-refractivity contribution is 7.89. The zero-order chi connectivity index (χ0) is 15.7. The second-order valence-corrected chi connectivity index (χ2v) is 7.45. The number of carboxylic acid groups (broad SMARTS) is 1. The predicted molar refractivity (Wildman–Crippen MR) is 79.5 cm³/mol. The van der Waals surface area contributed by atoms with Gasteiger partial charge >= 0.3 is 5.97 Å². The standard InChI is InChI=1S/C15H21NO4S/c1-11-7-3-4-9-13(11)21(19,20)16-15(14(17)18)10-6-5-8-12(15)2/h3-4,7,9,12,16H,5-6,8,10H2,1-2H3,(H,17,18). The summed E-state index contributed by atoms with van der Waals surface area (Å²) < 4.78 is 27.7. The Morgan fingerprint density at radius 2 is 2.00 bits per heavy atom. The Morgan fingerprint density at radius 3 is 2.57 bits per heavy atom. The highest BCUT2D eigenvalue weighted by Gasteiger charge is 2.48. The average molecular weight is 311 g/mol. The lowest BCUT2D eigenvalue weighted by Gasteiger charge is -2.39. The van der Waals surface area contributed by atoms with Crippen LogP contribution in [0.4, 0.5) is 0 Å². The summed E-state index contributed by atoms with van der Waals surface area (Å²) in [6, 6.07) is 6.59. The molecule has 0 saturated heterocycles. The molecule has 2 rings (SSSR count). The van der Waals surface area contributed by atoms with E-state index in [1.165, 1.54) is 6.07 Å². The van der Waals surface area contributed by atoms with E-state index in [9.17, 15) is 18.3 Å². The van der Waals surface area contributed by atoms with Crippen molar-refractivity contribution in [3.05, 3.63) is 29.8 Å². The molecular formula is C15H21NO4S. The molecule has 2 unspecified atom stereocenters. The van der Waals surface area contributed by atoms with Gasteiger partial charge in [0, 0.05) is 0 Å². The first-order valence-corrected chi connectivity index (χ1v) is 8.61. The minimum atomic E-state index is -3.86. The second-order valence-electron chi connectivity index (χ2n) is 5.79. The molecule has 1 saturated carbocycles. The van der Waals surface area contributed by atoms with Gasteiger partial charge in [-0.15, -0.1) is 0 Å². The molecule has 6 heteroatoms. The summed E-state index contributed by atoms with van der Waals surface area (Å²) in [5.41, 5.74) is -0.798. The number of aryl methyl sites for hydroxylation is 1. The molecule has 0 aliphatic heterocycles. The van der Waals surface area contributed by atoms with Crippen LogP contribution < -0.4 is 4.72 Å². The summed E-state index contributed by atoms with van der Waals surface area (Å²) in [4.78, 5) is 11.9. The molecule has 1 fully saturated rings. The summed E-state index contributed by atoms with van der Waals surface area (Å²) in [6.45, 7) is 3.50. The SMILES string of the molecule is Cc1ccccc1S(=O)(=O)NC1(C(=O)O)CCCCC1C. The minimum absolute atomic E-state index is 0.142. The second kappa shape index (κ2) is 5.77. The fourth-order valence-corrected chi connectivity index (χ4v) is 4.74. The van der Waals surface area contributed by atoms with Gasteiger partial charge in [0.15, 0.2) is 0 Å². The van der Waals surface area contributed by atoms with Crippen LogP contribution >= 0.6 is 0 Å². The van der Waals surface area contributed by atoms with Gasteiger partial charge in [-0.05, 0) is 37.3 Å². The van der Waals surface area contributed by atoms with Crippen LogP contribution in [0.15, 0.2) is 29.2 Å². The van der Waals surface area contributed by atoms with Crippen LogP contribution in [0.1, 0.15) is 38.2 Å². The van der Waals surface area contributed by atoms with Crippen molar-refractivity contribution in [2.24, 2.45) is 5.92 Å². The molecule has 0 spiro atoms. The number of hydrogen-bond donors (Lipinski definition) is 2. The van der Waals surface area contributed by atoms with Crippen molar-refractivity contribution in [3.63, 3.8) is 0 Å². The zero-order valence-electron chi connectivity index (χ0n) is 12.3. The first-order chi connectivity index (χ1) is 9.79. The molecule has 2 N–H and O–H groups in total. The lowest BCUT2D eigenvalue weighted by Crippen LogP contribution is -2.59. The van der Waals surface area contributed by atoms with E-state index in [0.29, 0.717) is 24.8 Å². The topological polar surface area (TPSA) is 83.5 Å².